The van der Waals surface area contributed by atoms with Gasteiger partial charge in [-0.1, -0.05) is 31.2 Å². The predicted octanol–water partition coefficient (Wildman–Crippen LogP) is 3.42. The number of rotatable bonds is 5. The van der Waals surface area contributed by atoms with Crippen LogP contribution in [-0.4, -0.2) is 29.6 Å². The van der Waals surface area contributed by atoms with Crippen LogP contribution in [0.5, 0.6) is 0 Å². The molecule has 2 rings (SSSR count). The summed E-state index contributed by atoms with van der Waals surface area (Å²) in [5, 5.41) is 8.71. The smallest absolute Gasteiger partial charge is 0.303 e. The number of carboxylic acid groups (broad SMARTS) is 1. The number of fused-ring (bicyclic) bond motifs is 1. The number of carbonyl (C=O) groups is 1. The highest BCUT2D eigenvalue weighted by Gasteiger charge is 2.26. The lowest BCUT2D eigenvalue weighted by molar-refractivity contribution is -0.137. The van der Waals surface area contributed by atoms with E-state index in [-0.39, 0.29) is 6.42 Å². The monoisotopic (exact) mass is 261 g/mol. The van der Waals surface area contributed by atoms with Gasteiger partial charge in [0.1, 0.15) is 0 Å². The molecular formula is C16H23NO2. The van der Waals surface area contributed by atoms with Crippen LogP contribution < -0.4 is 0 Å². The second-order valence-electron chi connectivity index (χ2n) is 5.60. The Kier molecular flexibility index (Phi) is 4.59. The van der Waals surface area contributed by atoms with Gasteiger partial charge in [0, 0.05) is 12.5 Å². The van der Waals surface area contributed by atoms with Crippen molar-refractivity contribution in [1.82, 2.24) is 4.90 Å². The number of carboxylic acids is 1. The molecule has 0 fully saturated rings. The van der Waals surface area contributed by atoms with Gasteiger partial charge >= 0.3 is 5.97 Å². The first kappa shape index (κ1) is 14.1. The summed E-state index contributed by atoms with van der Waals surface area (Å²) >= 11 is 0. The molecule has 104 valence electrons. The first-order chi connectivity index (χ1) is 9.09. The summed E-state index contributed by atoms with van der Waals surface area (Å²) in [4.78, 5) is 12.9. The van der Waals surface area contributed by atoms with Crippen LogP contribution in [0, 0.1) is 0 Å². The molecule has 19 heavy (non-hydrogen) atoms. The van der Waals surface area contributed by atoms with Crippen molar-refractivity contribution in [3.63, 3.8) is 0 Å². The van der Waals surface area contributed by atoms with Gasteiger partial charge in [-0.05, 0) is 49.9 Å². The van der Waals surface area contributed by atoms with Crippen LogP contribution in [0.15, 0.2) is 24.3 Å². The van der Waals surface area contributed by atoms with Crippen molar-refractivity contribution in [2.45, 2.75) is 44.6 Å². The third kappa shape index (κ3) is 3.35. The van der Waals surface area contributed by atoms with E-state index < -0.39 is 5.97 Å². The fraction of sp³-hybridized carbons (Fsp3) is 0.562. The molecule has 0 aromatic heterocycles. The zero-order valence-electron chi connectivity index (χ0n) is 11.8. The third-order valence-electron chi connectivity index (χ3n) is 4.19. The first-order valence-electron chi connectivity index (χ1n) is 7.10. The minimum atomic E-state index is -0.703. The maximum Gasteiger partial charge on any atom is 0.303 e. The van der Waals surface area contributed by atoms with E-state index in [1.165, 1.54) is 24.0 Å². The van der Waals surface area contributed by atoms with E-state index in [1.807, 2.05) is 0 Å². The highest BCUT2D eigenvalue weighted by molar-refractivity contribution is 5.66. The normalized spacial score (nSPS) is 22.3. The summed E-state index contributed by atoms with van der Waals surface area (Å²) in [5.41, 5.74) is 2.89. The summed E-state index contributed by atoms with van der Waals surface area (Å²) in [6.45, 7) is 3.14. The number of aliphatic carboxylic acids is 1. The molecule has 2 atom stereocenters. The van der Waals surface area contributed by atoms with Crippen molar-refractivity contribution in [3.8, 4) is 0 Å². The number of hydrogen-bond acceptors (Lipinski definition) is 2. The van der Waals surface area contributed by atoms with Crippen LogP contribution >= 0.6 is 0 Å². The molecule has 1 aliphatic carbocycles. The second-order valence-corrected chi connectivity index (χ2v) is 5.60. The standard InChI is InChI=1S/C16H23NO2/c1-12-9-10-15(14-7-4-3-6-13(12)14)17(2)11-5-8-16(18)19/h3-4,6-7,12,15H,5,8-11H2,1-2H3,(H,18,19). The highest BCUT2D eigenvalue weighted by atomic mass is 16.4. The molecule has 0 radical (unpaired) electrons. The fourth-order valence-electron chi connectivity index (χ4n) is 3.08. The Hall–Kier alpha value is -1.35. The van der Waals surface area contributed by atoms with Gasteiger partial charge in [0.05, 0.1) is 0 Å². The van der Waals surface area contributed by atoms with Crippen molar-refractivity contribution in [2.75, 3.05) is 13.6 Å². The highest BCUT2D eigenvalue weighted by Crippen LogP contribution is 2.39. The number of nitrogens with zero attached hydrogens (tertiary/aromatic N) is 1. The SMILES string of the molecule is CC1CCC(N(C)CCCC(=O)O)c2ccccc21. The van der Waals surface area contributed by atoms with Crippen LogP contribution in [0.25, 0.3) is 0 Å². The number of benzene rings is 1. The van der Waals surface area contributed by atoms with Gasteiger partial charge in [0.2, 0.25) is 0 Å². The van der Waals surface area contributed by atoms with E-state index in [4.69, 9.17) is 5.11 Å². The van der Waals surface area contributed by atoms with Crippen LogP contribution in [-0.2, 0) is 4.79 Å². The van der Waals surface area contributed by atoms with E-state index in [0.717, 1.165) is 13.0 Å². The Bertz CT molecular complexity index is 444. The molecule has 1 aromatic carbocycles. The summed E-state index contributed by atoms with van der Waals surface area (Å²) in [5.74, 6) is -0.0639. The van der Waals surface area contributed by atoms with Gasteiger partial charge in [-0.15, -0.1) is 0 Å². The molecule has 3 nitrogen and oxygen atoms in total. The number of hydrogen-bond donors (Lipinski definition) is 1. The molecule has 0 saturated carbocycles. The van der Waals surface area contributed by atoms with Gasteiger partial charge in [0.15, 0.2) is 0 Å². The van der Waals surface area contributed by atoms with Crippen LogP contribution in [0.3, 0.4) is 0 Å². The van der Waals surface area contributed by atoms with Gasteiger partial charge in [0.25, 0.3) is 0 Å². The van der Waals surface area contributed by atoms with Crippen LogP contribution in [0.2, 0.25) is 0 Å². The summed E-state index contributed by atoms with van der Waals surface area (Å²) in [6, 6.07) is 9.12. The minimum Gasteiger partial charge on any atom is -0.481 e. The van der Waals surface area contributed by atoms with Crippen molar-refractivity contribution in [2.24, 2.45) is 0 Å². The second kappa shape index (κ2) is 6.20. The van der Waals surface area contributed by atoms with Crippen LogP contribution in [0.1, 0.15) is 55.7 Å². The molecule has 0 aliphatic heterocycles. The lowest BCUT2D eigenvalue weighted by Crippen LogP contribution is -2.29. The quantitative estimate of drug-likeness (QED) is 0.883. The van der Waals surface area contributed by atoms with Gasteiger partial charge in [-0.3, -0.25) is 9.69 Å². The molecule has 1 aromatic rings. The zero-order valence-corrected chi connectivity index (χ0v) is 11.8. The van der Waals surface area contributed by atoms with E-state index in [9.17, 15) is 4.79 Å². The third-order valence-corrected chi connectivity index (χ3v) is 4.19. The summed E-state index contributed by atoms with van der Waals surface area (Å²) < 4.78 is 0. The van der Waals surface area contributed by atoms with Crippen LogP contribution in [0.4, 0.5) is 0 Å². The molecule has 0 amide bonds. The molecule has 0 spiro atoms. The van der Waals surface area contributed by atoms with E-state index in [2.05, 4.69) is 43.1 Å². The Morgan fingerprint density at radius 1 is 1.32 bits per heavy atom. The van der Waals surface area contributed by atoms with E-state index >= 15 is 0 Å². The average Bonchev–Trinajstić information content (AvgIpc) is 2.39. The van der Waals surface area contributed by atoms with E-state index in [1.54, 1.807) is 0 Å². The Balaban J connectivity index is 2.05. The lowest BCUT2D eigenvalue weighted by atomic mass is 9.80. The summed E-state index contributed by atoms with van der Waals surface area (Å²) in [7, 11) is 2.11. The molecule has 1 aliphatic rings. The summed E-state index contributed by atoms with van der Waals surface area (Å²) in [6.07, 6.45) is 3.36. The molecule has 3 heteroatoms. The van der Waals surface area contributed by atoms with Crippen molar-refractivity contribution in [1.29, 1.82) is 0 Å². The largest absolute Gasteiger partial charge is 0.481 e. The lowest BCUT2D eigenvalue weighted by Gasteiger charge is -2.35. The van der Waals surface area contributed by atoms with Crippen molar-refractivity contribution >= 4 is 5.97 Å². The minimum absolute atomic E-state index is 0.259. The van der Waals surface area contributed by atoms with Gasteiger partial charge in [-0.2, -0.15) is 0 Å². The molecule has 2 unspecified atom stereocenters. The fourth-order valence-corrected chi connectivity index (χ4v) is 3.08. The van der Waals surface area contributed by atoms with Gasteiger partial charge < -0.3 is 5.11 Å². The van der Waals surface area contributed by atoms with Crippen molar-refractivity contribution in [3.05, 3.63) is 35.4 Å². The maximum absolute atomic E-state index is 10.6. The van der Waals surface area contributed by atoms with Gasteiger partial charge in [-0.25, -0.2) is 0 Å². The first-order valence-corrected chi connectivity index (χ1v) is 7.10. The molecule has 0 heterocycles. The predicted molar refractivity (Wildman–Crippen MR) is 76.3 cm³/mol. The molecule has 0 bridgehead atoms. The Labute approximate surface area is 115 Å². The zero-order chi connectivity index (χ0) is 13.8. The molecular weight excluding hydrogens is 238 g/mol. The maximum atomic E-state index is 10.6. The Morgan fingerprint density at radius 2 is 2.00 bits per heavy atom. The topological polar surface area (TPSA) is 40.5 Å². The van der Waals surface area contributed by atoms with E-state index in [0.29, 0.717) is 12.0 Å². The molecule has 0 saturated heterocycles. The average molecular weight is 261 g/mol. The Morgan fingerprint density at radius 3 is 2.68 bits per heavy atom. The van der Waals surface area contributed by atoms with Crippen molar-refractivity contribution < 1.29 is 9.90 Å². The molecule has 1 N–H and O–H groups in total.